The van der Waals surface area contributed by atoms with E-state index in [0.29, 0.717) is 50.5 Å². The maximum atomic E-state index is 13.7. The van der Waals surface area contributed by atoms with E-state index in [1.165, 1.54) is 0 Å². The van der Waals surface area contributed by atoms with Gasteiger partial charge in [0.2, 0.25) is 21.8 Å². The number of nitro groups is 1. The van der Waals surface area contributed by atoms with Crippen molar-refractivity contribution >= 4 is 34.9 Å². The van der Waals surface area contributed by atoms with Crippen LogP contribution >= 0.6 is 0 Å². The molecule has 0 spiro atoms. The van der Waals surface area contributed by atoms with Crippen LogP contribution < -0.4 is 26.5 Å². The molecule has 4 rings (SSSR count). The molecule has 262 valence electrons. The number of rotatable bonds is 19. The number of unbranched alkanes of at least 4 members (excludes halogenated alkanes) is 2. The van der Waals surface area contributed by atoms with Crippen LogP contribution in [0.2, 0.25) is 0 Å². The Balaban J connectivity index is 1.62. The van der Waals surface area contributed by atoms with Crippen molar-refractivity contribution in [1.82, 2.24) is 20.8 Å². The van der Waals surface area contributed by atoms with Gasteiger partial charge in [-0.3, -0.25) is 9.59 Å². The largest absolute Gasteiger partial charge is 0.481 e. The molecule has 1 saturated heterocycles. The van der Waals surface area contributed by atoms with E-state index in [-0.39, 0.29) is 60.4 Å². The van der Waals surface area contributed by atoms with Gasteiger partial charge in [-0.05, 0) is 82.0 Å². The molecule has 6 atom stereocenters. The lowest BCUT2D eigenvalue weighted by Gasteiger charge is -2.64. The van der Waals surface area contributed by atoms with Crippen LogP contribution in [0.3, 0.4) is 0 Å². The summed E-state index contributed by atoms with van der Waals surface area (Å²) in [6, 6.07) is -0.885. The van der Waals surface area contributed by atoms with E-state index in [1.807, 2.05) is 0 Å². The Hall–Kier alpha value is -2.50. The molecule has 0 aromatic rings. The van der Waals surface area contributed by atoms with E-state index < -0.39 is 39.8 Å². The summed E-state index contributed by atoms with van der Waals surface area (Å²) in [5.74, 6) is -0.237. The highest BCUT2D eigenvalue weighted by atomic mass is 32.2. The molecule has 17 heteroatoms. The summed E-state index contributed by atoms with van der Waals surface area (Å²) in [5, 5.41) is 15.7. The summed E-state index contributed by atoms with van der Waals surface area (Å²) in [6.07, 6.45) is 5.11. The number of aliphatic imine (C=N–C) groups is 1. The molecule has 2 amide bonds. The summed E-state index contributed by atoms with van der Waals surface area (Å²) in [7, 11) is -3.87. The SMILES string of the molecule is CCS(=O)(=O)NCCCCCC(=O)N[C@@H](CCCN=C(N)N[N+](=O)[O-])C(=O)N[C@@H](CC(C)C)B1O[C@@H]2C[C@@H]3C[C@@H](C3(C)C)[C@]2(C)O1. The van der Waals surface area contributed by atoms with Crippen molar-refractivity contribution in [2.45, 2.75) is 123 Å². The van der Waals surface area contributed by atoms with E-state index in [2.05, 4.69) is 55.0 Å². The van der Waals surface area contributed by atoms with Crippen LogP contribution in [0.25, 0.3) is 0 Å². The molecule has 4 aliphatic rings. The first-order valence-electron chi connectivity index (χ1n) is 16.6. The number of nitrogens with zero attached hydrogens (tertiary/aromatic N) is 2. The van der Waals surface area contributed by atoms with Crippen LogP contribution in [-0.2, 0) is 28.9 Å². The molecule has 15 nitrogen and oxygen atoms in total. The number of guanidine groups is 1. The predicted molar refractivity (Wildman–Crippen MR) is 175 cm³/mol. The zero-order valence-corrected chi connectivity index (χ0v) is 29.0. The molecule has 0 aromatic heterocycles. The second-order valence-corrected chi connectivity index (χ2v) is 16.2. The lowest BCUT2D eigenvalue weighted by Crippen LogP contribution is -2.65. The van der Waals surface area contributed by atoms with Crippen LogP contribution in [0, 0.1) is 33.3 Å². The Morgan fingerprint density at radius 3 is 2.48 bits per heavy atom. The summed E-state index contributed by atoms with van der Waals surface area (Å²) in [5.41, 5.74) is 7.04. The predicted octanol–water partition coefficient (Wildman–Crippen LogP) is 1.65. The second-order valence-electron chi connectivity index (χ2n) is 14.1. The first-order chi connectivity index (χ1) is 21.5. The molecule has 1 aliphatic heterocycles. The Morgan fingerprint density at radius 2 is 1.85 bits per heavy atom. The van der Waals surface area contributed by atoms with Crippen molar-refractivity contribution < 1.29 is 32.3 Å². The minimum atomic E-state index is -3.26. The number of nitrogens with one attached hydrogen (secondary N) is 4. The van der Waals surface area contributed by atoms with Gasteiger partial charge in [0.15, 0.2) is 5.03 Å². The van der Waals surface area contributed by atoms with Gasteiger partial charge in [0.1, 0.15) is 6.04 Å². The van der Waals surface area contributed by atoms with Crippen molar-refractivity contribution in [3.05, 3.63) is 10.1 Å². The van der Waals surface area contributed by atoms with Crippen LogP contribution in [0.15, 0.2) is 4.99 Å². The quantitative estimate of drug-likeness (QED) is 0.0334. The third-order valence-electron chi connectivity index (χ3n) is 9.92. The number of hydrogen-bond donors (Lipinski definition) is 5. The van der Waals surface area contributed by atoms with Crippen molar-refractivity contribution in [2.75, 3.05) is 18.8 Å². The number of hydrogen-bond acceptors (Lipinski definition) is 9. The van der Waals surface area contributed by atoms with Crippen LogP contribution in [-0.4, -0.2) is 80.9 Å². The smallest absolute Gasteiger partial charge is 0.404 e. The van der Waals surface area contributed by atoms with Crippen LogP contribution in [0.4, 0.5) is 0 Å². The number of carbonyl (C=O) groups excluding carboxylic acids is 2. The Bertz CT molecular complexity index is 1220. The zero-order chi connectivity index (χ0) is 34.3. The highest BCUT2D eigenvalue weighted by molar-refractivity contribution is 7.89. The standard InChI is InChI=1S/C29H54BN7O8S/c1-7-46(42,43)33-15-10-8-9-13-25(38)34-21(12-11-14-32-27(31)36-37(40)41)26(39)35-24(16-19(2)3)30-44-23-18-20-17-22(28(20,4)5)29(23,6)45-30/h19-24,33H,7-18H2,1-6H3,(H,34,38)(H,35,39)(H3,31,32,36)/t20-,21-,22-,23+,24-,29-/m0/s1. The van der Waals surface area contributed by atoms with Crippen molar-refractivity contribution in [3.8, 4) is 0 Å². The lowest BCUT2D eigenvalue weighted by atomic mass is 9.43. The lowest BCUT2D eigenvalue weighted by molar-refractivity contribution is -0.525. The van der Waals surface area contributed by atoms with Gasteiger partial charge >= 0.3 is 7.12 Å². The first-order valence-corrected chi connectivity index (χ1v) is 18.2. The molecule has 3 saturated carbocycles. The Morgan fingerprint density at radius 1 is 1.13 bits per heavy atom. The van der Waals surface area contributed by atoms with Crippen LogP contribution in [0.5, 0.6) is 0 Å². The zero-order valence-electron chi connectivity index (χ0n) is 28.2. The fourth-order valence-electron chi connectivity index (χ4n) is 7.18. The average molecular weight is 672 g/mol. The first kappa shape index (κ1) is 38.0. The Kier molecular flexibility index (Phi) is 13.3. The number of carbonyl (C=O) groups is 2. The van der Waals surface area contributed by atoms with Gasteiger partial charge in [-0.15, -0.1) is 0 Å². The van der Waals surface area contributed by atoms with Crippen molar-refractivity contribution in [2.24, 2.45) is 33.9 Å². The molecule has 46 heavy (non-hydrogen) atoms. The fraction of sp³-hybridized carbons (Fsp3) is 0.897. The van der Waals surface area contributed by atoms with Gasteiger partial charge in [-0.2, -0.15) is 0 Å². The molecule has 1 heterocycles. The summed E-state index contributed by atoms with van der Waals surface area (Å²) >= 11 is 0. The Labute approximate surface area is 273 Å². The minimum absolute atomic E-state index is 0.0130. The van der Waals surface area contributed by atoms with Gasteiger partial charge in [-0.25, -0.2) is 28.2 Å². The average Bonchev–Trinajstić information content (AvgIpc) is 3.32. The highest BCUT2D eigenvalue weighted by Gasteiger charge is 2.68. The number of nitrogens with two attached hydrogens (primary N) is 1. The summed E-state index contributed by atoms with van der Waals surface area (Å²) < 4.78 is 38.8. The molecule has 3 aliphatic carbocycles. The second kappa shape index (κ2) is 16.1. The van der Waals surface area contributed by atoms with Gasteiger partial charge in [0, 0.05) is 19.5 Å². The molecular formula is C29H54BN7O8S. The summed E-state index contributed by atoms with van der Waals surface area (Å²) in [6.45, 7) is 12.8. The maximum absolute atomic E-state index is 13.7. The minimum Gasteiger partial charge on any atom is -0.404 e. The van der Waals surface area contributed by atoms with Gasteiger partial charge in [-0.1, -0.05) is 39.5 Å². The van der Waals surface area contributed by atoms with E-state index >= 15 is 0 Å². The number of amides is 2. The van der Waals surface area contributed by atoms with Gasteiger partial charge in [0.25, 0.3) is 5.96 Å². The molecule has 0 unspecified atom stereocenters. The molecule has 0 aromatic carbocycles. The van der Waals surface area contributed by atoms with E-state index in [9.17, 15) is 28.1 Å². The fourth-order valence-corrected chi connectivity index (χ4v) is 7.84. The molecular weight excluding hydrogens is 617 g/mol. The molecule has 2 bridgehead atoms. The van der Waals surface area contributed by atoms with Crippen molar-refractivity contribution in [1.29, 1.82) is 0 Å². The molecule has 4 fully saturated rings. The topological polar surface area (TPSA) is 216 Å². The number of hydrazine groups is 1. The van der Waals surface area contributed by atoms with E-state index in [1.54, 1.807) is 12.3 Å². The molecule has 6 N–H and O–H groups in total. The maximum Gasteiger partial charge on any atom is 0.481 e. The monoisotopic (exact) mass is 671 g/mol. The molecule has 0 radical (unpaired) electrons. The number of sulfonamides is 1. The highest BCUT2D eigenvalue weighted by Crippen LogP contribution is 2.65. The normalized spacial score (nSPS) is 26.5. The van der Waals surface area contributed by atoms with Gasteiger partial charge in [0.05, 0.1) is 23.4 Å². The van der Waals surface area contributed by atoms with Crippen molar-refractivity contribution in [3.63, 3.8) is 0 Å². The van der Waals surface area contributed by atoms with Gasteiger partial charge < -0.3 is 25.7 Å². The summed E-state index contributed by atoms with van der Waals surface area (Å²) in [4.78, 5) is 41.2. The van der Waals surface area contributed by atoms with E-state index in [0.717, 1.165) is 12.8 Å². The third kappa shape index (κ3) is 10.0. The van der Waals surface area contributed by atoms with Crippen LogP contribution in [0.1, 0.15) is 99.3 Å². The van der Waals surface area contributed by atoms with E-state index in [4.69, 9.17) is 15.0 Å². The third-order valence-corrected chi connectivity index (χ3v) is 11.3.